The Morgan fingerprint density at radius 1 is 1.67 bits per heavy atom. The maximum atomic E-state index is 10.6. The molecule has 0 unspecified atom stereocenters. The first-order valence-corrected chi connectivity index (χ1v) is 4.64. The van der Waals surface area contributed by atoms with Crippen LogP contribution in [0, 0.1) is 10.1 Å². The molecule has 0 fully saturated rings. The van der Waals surface area contributed by atoms with E-state index in [0.717, 1.165) is 16.2 Å². The van der Waals surface area contributed by atoms with Crippen LogP contribution in [0.5, 0.6) is 0 Å². The van der Waals surface area contributed by atoms with E-state index in [0.29, 0.717) is 10.6 Å². The van der Waals surface area contributed by atoms with Gasteiger partial charge in [-0.2, -0.15) is 0 Å². The van der Waals surface area contributed by atoms with Crippen molar-refractivity contribution in [2.24, 2.45) is 0 Å². The summed E-state index contributed by atoms with van der Waals surface area (Å²) < 4.78 is 4.49. The van der Waals surface area contributed by atoms with E-state index in [1.807, 2.05) is 0 Å². The quantitative estimate of drug-likeness (QED) is 0.574. The third-order valence-corrected chi connectivity index (χ3v) is 2.43. The Kier molecular flexibility index (Phi) is 2.26. The van der Waals surface area contributed by atoms with Gasteiger partial charge in [-0.05, 0) is 22.3 Å². The van der Waals surface area contributed by atoms with Crippen LogP contribution in [0.15, 0.2) is 19.0 Å². The predicted octanol–water partition coefficient (Wildman–Crippen LogP) is 1.08. The molecule has 7 nitrogen and oxygen atoms in total. The van der Waals surface area contributed by atoms with Crippen LogP contribution in [-0.4, -0.2) is 24.3 Å². The van der Waals surface area contributed by atoms with Crippen molar-refractivity contribution in [3.8, 4) is 11.5 Å². The highest BCUT2D eigenvalue weighted by molar-refractivity contribution is 7.07. The first-order valence-electron chi connectivity index (χ1n) is 3.87. The molecule has 0 N–H and O–H groups in total. The van der Waals surface area contributed by atoms with Gasteiger partial charge in [0.05, 0.1) is 17.3 Å². The molecule has 0 aromatic carbocycles. The molecule has 0 amide bonds. The van der Waals surface area contributed by atoms with Gasteiger partial charge in [0.25, 0.3) is 0 Å². The van der Waals surface area contributed by atoms with Crippen LogP contribution in [0.25, 0.3) is 17.6 Å². The summed E-state index contributed by atoms with van der Waals surface area (Å²) in [5, 5.41) is 13.8. The van der Waals surface area contributed by atoms with E-state index in [9.17, 15) is 10.1 Å². The Labute approximate surface area is 88.0 Å². The van der Waals surface area contributed by atoms with Gasteiger partial charge in [0.1, 0.15) is 0 Å². The maximum absolute atomic E-state index is 10.6. The molecule has 0 bridgehead atoms. The normalized spacial score (nSPS) is 10.1. The summed E-state index contributed by atoms with van der Waals surface area (Å²) in [6, 6.07) is 0. The summed E-state index contributed by atoms with van der Waals surface area (Å²) in [7, 11) is 0. The van der Waals surface area contributed by atoms with Gasteiger partial charge in [-0.25, -0.2) is 15.1 Å². The molecule has 0 spiro atoms. The number of nitrogens with zero attached hydrogens (tertiary/aromatic N) is 5. The third-order valence-electron chi connectivity index (χ3n) is 1.71. The summed E-state index contributed by atoms with van der Waals surface area (Å²) in [6.07, 6.45) is 4.13. The lowest BCUT2D eigenvalue weighted by atomic mass is 10.3. The molecule has 0 aliphatic heterocycles. The van der Waals surface area contributed by atoms with Crippen molar-refractivity contribution >= 4 is 17.6 Å². The van der Waals surface area contributed by atoms with Crippen molar-refractivity contribution in [1.82, 2.24) is 19.2 Å². The maximum Gasteiger partial charge on any atom is 0.228 e. The zero-order chi connectivity index (χ0) is 10.8. The number of nitro groups is 1. The highest BCUT2D eigenvalue weighted by Crippen LogP contribution is 2.22. The molecule has 0 saturated heterocycles. The van der Waals surface area contributed by atoms with Crippen molar-refractivity contribution < 1.29 is 5.03 Å². The predicted molar refractivity (Wildman–Crippen MR) is 53.6 cm³/mol. The molecule has 76 valence electrons. The topological polar surface area (TPSA) is 86.7 Å². The van der Waals surface area contributed by atoms with Crippen LogP contribution in [0.1, 0.15) is 4.88 Å². The Morgan fingerprint density at radius 3 is 3.13 bits per heavy atom. The lowest BCUT2D eigenvalue weighted by Crippen LogP contribution is -2.09. The largest absolute Gasteiger partial charge is 0.234 e. The lowest BCUT2D eigenvalue weighted by Gasteiger charge is -1.94. The van der Waals surface area contributed by atoms with Gasteiger partial charge in [0, 0.05) is 0 Å². The second-order valence-corrected chi connectivity index (χ2v) is 3.31. The average Bonchev–Trinajstić information content (AvgIpc) is 2.85. The van der Waals surface area contributed by atoms with Crippen molar-refractivity contribution in [1.29, 1.82) is 0 Å². The van der Waals surface area contributed by atoms with E-state index in [4.69, 9.17) is 0 Å². The SMILES string of the molecule is C=Cc1snnc1-c1nccn1[N+](=O)[O-]. The molecule has 2 aromatic heterocycles. The Bertz CT molecular complexity index is 517. The van der Waals surface area contributed by atoms with E-state index in [2.05, 4.69) is 21.1 Å². The number of aromatic nitrogens is 4. The van der Waals surface area contributed by atoms with Crippen LogP contribution >= 0.6 is 11.5 Å². The van der Waals surface area contributed by atoms with E-state index >= 15 is 0 Å². The fourth-order valence-electron chi connectivity index (χ4n) is 1.08. The van der Waals surface area contributed by atoms with Gasteiger partial charge in [-0.15, -0.1) is 5.10 Å². The summed E-state index contributed by atoms with van der Waals surface area (Å²) in [5.41, 5.74) is 0.372. The van der Waals surface area contributed by atoms with Crippen molar-refractivity contribution in [3.63, 3.8) is 0 Å². The molecule has 2 aromatic rings. The van der Waals surface area contributed by atoms with E-state index in [1.165, 1.54) is 12.4 Å². The van der Waals surface area contributed by atoms with Gasteiger partial charge < -0.3 is 0 Å². The van der Waals surface area contributed by atoms with Gasteiger partial charge in [-0.1, -0.05) is 11.1 Å². The zero-order valence-electron chi connectivity index (χ0n) is 7.40. The first kappa shape index (κ1) is 9.46. The molecule has 8 heteroatoms. The molecular weight excluding hydrogens is 218 g/mol. The standard InChI is InChI=1S/C7H5N5O2S/c1-2-5-6(9-10-15-5)7-8-3-4-11(7)12(13)14/h2-4H,1H2. The van der Waals surface area contributed by atoms with Gasteiger partial charge in [0.2, 0.25) is 5.82 Å². The minimum Gasteiger partial charge on any atom is -0.234 e. The smallest absolute Gasteiger partial charge is 0.228 e. The minimum absolute atomic E-state index is 0.156. The number of hydrogen-bond acceptors (Lipinski definition) is 6. The van der Waals surface area contributed by atoms with Crippen LogP contribution in [0.2, 0.25) is 0 Å². The molecule has 0 saturated carbocycles. The lowest BCUT2D eigenvalue weighted by molar-refractivity contribution is -0.540. The number of imidazole rings is 1. The van der Waals surface area contributed by atoms with Crippen LogP contribution in [0.4, 0.5) is 0 Å². The molecule has 0 aliphatic carbocycles. The second kappa shape index (κ2) is 3.58. The van der Waals surface area contributed by atoms with Crippen molar-refractivity contribution in [2.75, 3.05) is 0 Å². The average molecular weight is 223 g/mol. The summed E-state index contributed by atoms with van der Waals surface area (Å²) in [5.74, 6) is 0.156. The van der Waals surface area contributed by atoms with Gasteiger partial charge >= 0.3 is 0 Å². The second-order valence-electron chi connectivity index (χ2n) is 2.52. The summed E-state index contributed by atoms with van der Waals surface area (Å²) >= 11 is 1.11. The molecule has 15 heavy (non-hydrogen) atoms. The monoisotopic (exact) mass is 223 g/mol. The van der Waals surface area contributed by atoms with E-state index in [1.54, 1.807) is 6.08 Å². The van der Waals surface area contributed by atoms with E-state index in [-0.39, 0.29) is 5.82 Å². The highest BCUT2D eigenvalue weighted by Gasteiger charge is 2.18. The van der Waals surface area contributed by atoms with Crippen molar-refractivity contribution in [2.45, 2.75) is 0 Å². The van der Waals surface area contributed by atoms with Gasteiger partial charge in [0.15, 0.2) is 10.7 Å². The first-order chi connectivity index (χ1) is 7.24. The Balaban J connectivity index is 2.58. The molecule has 0 atom stereocenters. The fourth-order valence-corrected chi connectivity index (χ4v) is 1.59. The fraction of sp³-hybridized carbons (Fsp3) is 0. The number of rotatable bonds is 3. The summed E-state index contributed by atoms with van der Waals surface area (Å²) in [4.78, 5) is 15.2. The van der Waals surface area contributed by atoms with Crippen LogP contribution in [-0.2, 0) is 0 Å². The molecular formula is C7H5N5O2S. The number of hydrogen-bond donors (Lipinski definition) is 0. The zero-order valence-corrected chi connectivity index (χ0v) is 8.22. The minimum atomic E-state index is -0.575. The Hall–Kier alpha value is -2.09. The molecule has 0 radical (unpaired) electrons. The molecule has 2 heterocycles. The van der Waals surface area contributed by atoms with Crippen molar-refractivity contribution in [3.05, 3.63) is 34.0 Å². The van der Waals surface area contributed by atoms with Gasteiger partial charge in [-0.3, -0.25) is 0 Å². The summed E-state index contributed by atoms with van der Waals surface area (Å²) in [6.45, 7) is 3.57. The highest BCUT2D eigenvalue weighted by atomic mass is 32.1. The van der Waals surface area contributed by atoms with E-state index < -0.39 is 5.03 Å². The Morgan fingerprint density at radius 2 is 2.47 bits per heavy atom. The third kappa shape index (κ3) is 1.50. The van der Waals surface area contributed by atoms with Crippen LogP contribution in [0.3, 0.4) is 0 Å². The van der Waals surface area contributed by atoms with Crippen LogP contribution < -0.4 is 0 Å². The molecule has 2 rings (SSSR count). The molecule has 0 aliphatic rings.